The van der Waals surface area contributed by atoms with E-state index in [1.54, 1.807) is 66.3 Å². The number of rotatable bonds is 8. The zero-order valence-electron chi connectivity index (χ0n) is 20.1. The highest BCUT2D eigenvalue weighted by Crippen LogP contribution is 2.26. The second kappa shape index (κ2) is 11.7. The fraction of sp³-hybridized carbons (Fsp3) is 0.0741. The number of azide groups is 1. The number of amides is 2. The van der Waals surface area contributed by atoms with Crippen molar-refractivity contribution < 1.29 is 14.3 Å². The van der Waals surface area contributed by atoms with Crippen molar-refractivity contribution in [2.45, 2.75) is 0 Å². The van der Waals surface area contributed by atoms with Crippen molar-refractivity contribution in [3.8, 4) is 29.4 Å². The molecule has 38 heavy (non-hydrogen) atoms. The fourth-order valence-corrected chi connectivity index (χ4v) is 3.69. The molecule has 3 aromatic carbocycles. The van der Waals surface area contributed by atoms with Crippen molar-refractivity contribution in [1.29, 1.82) is 0 Å². The summed E-state index contributed by atoms with van der Waals surface area (Å²) in [6.45, 7) is 0.108. The van der Waals surface area contributed by atoms with Crippen LogP contribution in [0.15, 0.2) is 77.9 Å². The molecule has 0 saturated heterocycles. The van der Waals surface area contributed by atoms with E-state index < -0.39 is 5.91 Å². The average molecular weight is 526 g/mol. The normalized spacial score (nSPS) is 10.1. The fourth-order valence-electron chi connectivity index (χ4n) is 3.49. The number of carbonyl (C=O) groups excluding carboxylic acids is 2. The number of terminal acetylenes is 1. The van der Waals surface area contributed by atoms with E-state index in [-0.39, 0.29) is 28.8 Å². The molecule has 4 rings (SSSR count). The third-order valence-electron chi connectivity index (χ3n) is 5.33. The lowest BCUT2D eigenvalue weighted by Crippen LogP contribution is -2.14. The van der Waals surface area contributed by atoms with Crippen LogP contribution in [-0.2, 0) is 7.05 Å². The molecule has 0 fully saturated rings. The zero-order valence-corrected chi connectivity index (χ0v) is 20.8. The lowest BCUT2D eigenvalue weighted by Gasteiger charge is -2.08. The first-order chi connectivity index (χ1) is 18.4. The van der Waals surface area contributed by atoms with Crippen molar-refractivity contribution in [2.24, 2.45) is 12.2 Å². The van der Waals surface area contributed by atoms with Gasteiger partial charge in [0.1, 0.15) is 18.2 Å². The van der Waals surface area contributed by atoms with Crippen LogP contribution >= 0.6 is 11.6 Å². The maximum absolute atomic E-state index is 12.8. The van der Waals surface area contributed by atoms with E-state index in [1.165, 1.54) is 18.2 Å². The molecule has 0 unspecified atom stereocenters. The van der Waals surface area contributed by atoms with Crippen molar-refractivity contribution >= 4 is 40.6 Å². The van der Waals surface area contributed by atoms with E-state index >= 15 is 0 Å². The Morgan fingerprint density at radius 1 is 1.11 bits per heavy atom. The van der Waals surface area contributed by atoms with Crippen LogP contribution in [0.2, 0.25) is 5.02 Å². The summed E-state index contributed by atoms with van der Waals surface area (Å²) < 4.78 is 6.93. The van der Waals surface area contributed by atoms with E-state index in [0.717, 1.165) is 5.56 Å². The van der Waals surface area contributed by atoms with Gasteiger partial charge in [0.2, 0.25) is 0 Å². The number of aryl methyl sites for hydroxylation is 1. The lowest BCUT2D eigenvalue weighted by molar-refractivity contribution is 0.101. The predicted molar refractivity (Wildman–Crippen MR) is 146 cm³/mol. The van der Waals surface area contributed by atoms with E-state index in [9.17, 15) is 9.59 Å². The largest absolute Gasteiger partial charge is 0.481 e. The Morgan fingerprint density at radius 3 is 2.63 bits per heavy atom. The number of hydrogen-bond donors (Lipinski definition) is 2. The molecule has 4 aromatic rings. The Kier molecular flexibility index (Phi) is 7.94. The van der Waals surface area contributed by atoms with Crippen LogP contribution in [0.1, 0.15) is 20.7 Å². The van der Waals surface area contributed by atoms with E-state index in [4.69, 9.17) is 28.3 Å². The number of ether oxygens (including phenoxy) is 1. The van der Waals surface area contributed by atoms with E-state index in [2.05, 4.69) is 31.7 Å². The Morgan fingerprint density at radius 2 is 1.89 bits per heavy atom. The van der Waals surface area contributed by atoms with Gasteiger partial charge >= 0.3 is 0 Å². The van der Waals surface area contributed by atoms with Crippen molar-refractivity contribution in [3.05, 3.63) is 99.4 Å². The van der Waals surface area contributed by atoms with Crippen LogP contribution in [-0.4, -0.2) is 28.2 Å². The van der Waals surface area contributed by atoms with E-state index in [1.807, 2.05) is 0 Å². The van der Waals surface area contributed by atoms with Crippen LogP contribution in [0.25, 0.3) is 21.7 Å². The molecule has 0 radical (unpaired) electrons. The quantitative estimate of drug-likeness (QED) is 0.122. The summed E-state index contributed by atoms with van der Waals surface area (Å²) in [6.07, 6.45) is 5.22. The number of nitrogens with zero attached hydrogens (tertiary/aromatic N) is 5. The minimum atomic E-state index is -0.450. The Balaban J connectivity index is 1.45. The lowest BCUT2D eigenvalue weighted by atomic mass is 10.1. The summed E-state index contributed by atoms with van der Waals surface area (Å²) in [5, 5.41) is 13.8. The molecule has 11 heteroatoms. The number of carbonyl (C=O) groups is 2. The Hall–Kier alpha value is -5.23. The smallest absolute Gasteiger partial charge is 0.257 e. The third-order valence-corrected chi connectivity index (χ3v) is 5.66. The van der Waals surface area contributed by atoms with Crippen LogP contribution in [0.3, 0.4) is 0 Å². The third kappa shape index (κ3) is 6.12. The van der Waals surface area contributed by atoms with Gasteiger partial charge in [-0.15, -0.1) is 6.42 Å². The Bertz CT molecular complexity index is 1600. The van der Waals surface area contributed by atoms with E-state index in [0.29, 0.717) is 28.5 Å². The number of halogens is 1. The minimum absolute atomic E-state index is 0.108. The molecule has 1 heterocycles. The van der Waals surface area contributed by atoms with Crippen LogP contribution in [0.4, 0.5) is 17.2 Å². The topological polar surface area (TPSA) is 134 Å². The summed E-state index contributed by atoms with van der Waals surface area (Å²) >= 11 is 6.13. The average Bonchev–Trinajstić information content (AvgIpc) is 3.29. The van der Waals surface area contributed by atoms with Crippen LogP contribution < -0.4 is 15.4 Å². The Labute approximate surface area is 222 Å². The van der Waals surface area contributed by atoms with Crippen LogP contribution in [0.5, 0.6) is 5.75 Å². The summed E-state index contributed by atoms with van der Waals surface area (Å²) in [4.78, 5) is 28.2. The molecule has 10 nitrogen and oxygen atoms in total. The van der Waals surface area contributed by atoms with Gasteiger partial charge in [0.25, 0.3) is 11.8 Å². The monoisotopic (exact) mass is 525 g/mol. The summed E-state index contributed by atoms with van der Waals surface area (Å²) in [7, 11) is 1.72. The molecule has 0 saturated carbocycles. The summed E-state index contributed by atoms with van der Waals surface area (Å²) in [6, 6.07) is 19.9. The highest BCUT2D eigenvalue weighted by molar-refractivity contribution is 6.34. The maximum Gasteiger partial charge on any atom is 0.257 e. The van der Waals surface area contributed by atoms with Gasteiger partial charge in [-0.25, -0.2) is 0 Å². The number of aromatic nitrogens is 2. The number of anilines is 2. The van der Waals surface area contributed by atoms with Gasteiger partial charge in [-0.2, -0.15) is 5.10 Å². The molecular weight excluding hydrogens is 506 g/mol. The summed E-state index contributed by atoms with van der Waals surface area (Å²) in [5.41, 5.74) is 11.4. The molecular formula is C27H20ClN7O3. The molecule has 0 aliphatic rings. The van der Waals surface area contributed by atoms with Gasteiger partial charge in [0.15, 0.2) is 0 Å². The first-order valence-electron chi connectivity index (χ1n) is 11.2. The molecule has 0 spiro atoms. The zero-order chi connectivity index (χ0) is 27.1. The van der Waals surface area contributed by atoms with Gasteiger partial charge in [0.05, 0.1) is 16.3 Å². The second-order valence-electron chi connectivity index (χ2n) is 7.90. The van der Waals surface area contributed by atoms with Crippen LogP contribution in [0, 0.1) is 12.3 Å². The molecule has 2 amide bonds. The first-order valence-corrected chi connectivity index (χ1v) is 11.5. The van der Waals surface area contributed by atoms with Gasteiger partial charge in [-0.1, -0.05) is 46.9 Å². The standard InChI is InChI=1S/C27H20ClN7O3/c1-3-13-38-21-6-4-5-18(14-21)26(36)31-25-16-24(33-35(25)2)17-7-9-19(10-8-17)30-27(37)22-15-20(32-34-29)11-12-23(22)28/h1,4-12,14-16H,13H2,2H3,(H,30,37)(H,31,36). The van der Waals surface area contributed by atoms with Crippen molar-refractivity contribution in [2.75, 3.05) is 17.2 Å². The second-order valence-corrected chi connectivity index (χ2v) is 8.31. The molecule has 0 aliphatic carbocycles. The first kappa shape index (κ1) is 25.9. The molecule has 0 bridgehead atoms. The molecule has 0 atom stereocenters. The SMILES string of the molecule is C#CCOc1cccc(C(=O)Nc2cc(-c3ccc(NC(=O)c4cc(N=[N+]=[N-])ccc4Cl)cc3)nn2C)c1. The highest BCUT2D eigenvalue weighted by atomic mass is 35.5. The van der Waals surface area contributed by atoms with Crippen molar-refractivity contribution in [1.82, 2.24) is 9.78 Å². The van der Waals surface area contributed by atoms with Gasteiger partial charge in [-0.05, 0) is 48.0 Å². The molecule has 0 aliphatic heterocycles. The predicted octanol–water partition coefficient (Wildman–Crippen LogP) is 6.20. The number of hydrogen-bond acceptors (Lipinski definition) is 5. The molecule has 2 N–H and O–H groups in total. The minimum Gasteiger partial charge on any atom is -0.481 e. The summed E-state index contributed by atoms with van der Waals surface area (Å²) in [5.74, 6) is 2.60. The van der Waals surface area contributed by atoms with Crippen molar-refractivity contribution in [3.63, 3.8) is 0 Å². The number of nitrogens with one attached hydrogen (secondary N) is 2. The molecule has 1 aromatic heterocycles. The highest BCUT2D eigenvalue weighted by Gasteiger charge is 2.14. The molecule has 188 valence electrons. The number of benzene rings is 3. The van der Waals surface area contributed by atoms with Gasteiger partial charge in [-0.3, -0.25) is 14.3 Å². The van der Waals surface area contributed by atoms with Gasteiger partial charge in [0, 0.05) is 40.5 Å². The van der Waals surface area contributed by atoms with Gasteiger partial charge < -0.3 is 15.4 Å². The maximum atomic E-state index is 12.8.